The molecule has 0 saturated heterocycles. The van der Waals surface area contributed by atoms with Crippen molar-refractivity contribution in [2.24, 2.45) is 10.7 Å². The molecule has 0 heterocycles. The van der Waals surface area contributed by atoms with Crippen molar-refractivity contribution in [2.75, 3.05) is 19.0 Å². The molecule has 6 heteroatoms. The van der Waals surface area contributed by atoms with Gasteiger partial charge in [-0.1, -0.05) is 24.3 Å². The highest BCUT2D eigenvalue weighted by Crippen LogP contribution is 2.19. The molecule has 2 rings (SSSR count). The van der Waals surface area contributed by atoms with E-state index in [2.05, 4.69) is 10.3 Å². The van der Waals surface area contributed by atoms with Crippen LogP contribution in [0.15, 0.2) is 53.5 Å². The number of nitrogens with two attached hydrogens (primary N) is 1. The molecule has 2 aromatic carbocycles. The summed E-state index contributed by atoms with van der Waals surface area (Å²) in [6.07, 6.45) is -0.729. The van der Waals surface area contributed by atoms with Gasteiger partial charge in [-0.15, -0.1) is 24.0 Å². The van der Waals surface area contributed by atoms with Gasteiger partial charge in [0.05, 0.1) is 19.8 Å². The standard InChI is InChI=1S/C17H21N3O2.HI/c1-12-5-3-7-14(9-12)20-17(18)19-11-16(21)13-6-4-8-15(10-13)22-2;/h3-10,16,21H,11H2,1-2H3,(H3,18,19,20);1H. The quantitative estimate of drug-likeness (QED) is 0.389. The summed E-state index contributed by atoms with van der Waals surface area (Å²) in [6.45, 7) is 2.18. The fourth-order valence-corrected chi connectivity index (χ4v) is 2.05. The molecule has 2 aromatic rings. The van der Waals surface area contributed by atoms with Gasteiger partial charge in [0, 0.05) is 5.69 Å². The predicted molar refractivity (Wildman–Crippen MR) is 105 cm³/mol. The first kappa shape index (κ1) is 19.2. The summed E-state index contributed by atoms with van der Waals surface area (Å²) in [5.74, 6) is 0.971. The molecule has 0 aliphatic rings. The van der Waals surface area contributed by atoms with Crippen molar-refractivity contribution < 1.29 is 9.84 Å². The summed E-state index contributed by atoms with van der Waals surface area (Å²) in [7, 11) is 1.59. The molecule has 23 heavy (non-hydrogen) atoms. The first-order valence-corrected chi connectivity index (χ1v) is 7.04. The van der Waals surface area contributed by atoms with Gasteiger partial charge in [-0.05, 0) is 42.3 Å². The zero-order valence-corrected chi connectivity index (χ0v) is 15.5. The molecule has 0 amide bonds. The van der Waals surface area contributed by atoms with Crippen LogP contribution >= 0.6 is 24.0 Å². The van der Waals surface area contributed by atoms with Crippen LogP contribution in [0.3, 0.4) is 0 Å². The molecule has 0 radical (unpaired) electrons. The van der Waals surface area contributed by atoms with Gasteiger partial charge in [-0.3, -0.25) is 4.99 Å². The van der Waals surface area contributed by atoms with Gasteiger partial charge in [0.1, 0.15) is 5.75 Å². The summed E-state index contributed by atoms with van der Waals surface area (Å²) in [5.41, 5.74) is 8.59. The first-order valence-electron chi connectivity index (χ1n) is 7.04. The Kier molecular flexibility index (Phi) is 7.84. The second kappa shape index (κ2) is 9.36. The molecule has 5 nitrogen and oxygen atoms in total. The van der Waals surface area contributed by atoms with E-state index in [9.17, 15) is 5.11 Å². The van der Waals surface area contributed by atoms with Crippen molar-refractivity contribution in [3.8, 4) is 5.75 Å². The van der Waals surface area contributed by atoms with Gasteiger partial charge in [-0.2, -0.15) is 0 Å². The molecule has 0 saturated carbocycles. The van der Waals surface area contributed by atoms with Crippen molar-refractivity contribution in [3.63, 3.8) is 0 Å². The van der Waals surface area contributed by atoms with E-state index < -0.39 is 6.10 Å². The molecule has 1 unspecified atom stereocenters. The summed E-state index contributed by atoms with van der Waals surface area (Å²) in [5, 5.41) is 13.2. The van der Waals surface area contributed by atoms with Crippen molar-refractivity contribution in [3.05, 3.63) is 59.7 Å². The Labute approximate surface area is 153 Å². The Morgan fingerprint density at radius 2 is 2.00 bits per heavy atom. The van der Waals surface area contributed by atoms with E-state index in [0.717, 1.165) is 16.8 Å². The molecule has 0 aliphatic carbocycles. The SMILES string of the molecule is COc1cccc(C(O)CN=C(N)Nc2cccc(C)c2)c1.I. The van der Waals surface area contributed by atoms with Gasteiger partial charge < -0.3 is 20.9 Å². The van der Waals surface area contributed by atoms with E-state index in [1.165, 1.54) is 0 Å². The molecular weight excluding hydrogens is 405 g/mol. The molecule has 0 bridgehead atoms. The summed E-state index contributed by atoms with van der Waals surface area (Å²) in [4.78, 5) is 4.17. The molecule has 4 N–H and O–H groups in total. The highest BCUT2D eigenvalue weighted by atomic mass is 127. The third-order valence-electron chi connectivity index (χ3n) is 3.20. The Balaban J connectivity index is 0.00000264. The molecule has 0 aromatic heterocycles. The number of halogens is 1. The molecule has 0 aliphatic heterocycles. The monoisotopic (exact) mass is 427 g/mol. The maximum absolute atomic E-state index is 10.2. The van der Waals surface area contributed by atoms with E-state index in [0.29, 0.717) is 5.75 Å². The number of methoxy groups -OCH3 is 1. The summed E-state index contributed by atoms with van der Waals surface area (Å²) >= 11 is 0. The number of nitrogens with one attached hydrogen (secondary N) is 1. The van der Waals surface area contributed by atoms with Crippen LogP contribution in [-0.4, -0.2) is 24.7 Å². The minimum absolute atomic E-state index is 0. The highest BCUT2D eigenvalue weighted by molar-refractivity contribution is 14.0. The first-order chi connectivity index (χ1) is 10.6. The smallest absolute Gasteiger partial charge is 0.193 e. The number of ether oxygens (including phenoxy) is 1. The van der Waals surface area contributed by atoms with Gasteiger partial charge in [0.15, 0.2) is 5.96 Å². The second-order valence-corrected chi connectivity index (χ2v) is 5.01. The van der Waals surface area contributed by atoms with Crippen molar-refractivity contribution in [1.29, 1.82) is 0 Å². The maximum Gasteiger partial charge on any atom is 0.193 e. The van der Waals surface area contributed by atoms with E-state index in [1.54, 1.807) is 13.2 Å². The number of benzene rings is 2. The molecule has 0 fully saturated rings. The molecule has 124 valence electrons. The van der Waals surface area contributed by atoms with E-state index in [4.69, 9.17) is 10.5 Å². The fraction of sp³-hybridized carbons (Fsp3) is 0.235. The number of aliphatic imine (C=N–C) groups is 1. The van der Waals surface area contributed by atoms with Crippen molar-refractivity contribution in [1.82, 2.24) is 0 Å². The lowest BCUT2D eigenvalue weighted by Gasteiger charge is -2.11. The van der Waals surface area contributed by atoms with Crippen molar-refractivity contribution in [2.45, 2.75) is 13.0 Å². The summed E-state index contributed by atoms with van der Waals surface area (Å²) < 4.78 is 5.14. The zero-order valence-electron chi connectivity index (χ0n) is 13.2. The Morgan fingerprint density at radius 1 is 1.26 bits per heavy atom. The van der Waals surface area contributed by atoms with Crippen LogP contribution in [-0.2, 0) is 0 Å². The lowest BCUT2D eigenvalue weighted by Crippen LogP contribution is -2.23. The average molecular weight is 427 g/mol. The number of rotatable bonds is 5. The highest BCUT2D eigenvalue weighted by Gasteiger charge is 2.08. The van der Waals surface area contributed by atoms with Crippen LogP contribution < -0.4 is 15.8 Å². The lowest BCUT2D eigenvalue weighted by atomic mass is 10.1. The Bertz CT molecular complexity index is 662. The van der Waals surface area contributed by atoms with Crippen LogP contribution in [0.5, 0.6) is 5.75 Å². The minimum Gasteiger partial charge on any atom is -0.497 e. The minimum atomic E-state index is -0.729. The van der Waals surface area contributed by atoms with Crippen LogP contribution in [0.25, 0.3) is 0 Å². The summed E-state index contributed by atoms with van der Waals surface area (Å²) in [6, 6.07) is 15.1. The Hall–Kier alpha value is -1.80. The number of aliphatic hydroxyl groups is 1. The zero-order chi connectivity index (χ0) is 15.9. The van der Waals surface area contributed by atoms with Gasteiger partial charge in [0.2, 0.25) is 0 Å². The number of nitrogens with zero attached hydrogens (tertiary/aromatic N) is 1. The third-order valence-corrected chi connectivity index (χ3v) is 3.20. The van der Waals surface area contributed by atoms with Gasteiger partial charge in [0.25, 0.3) is 0 Å². The average Bonchev–Trinajstić information content (AvgIpc) is 2.52. The van der Waals surface area contributed by atoms with Crippen LogP contribution in [0.2, 0.25) is 0 Å². The number of guanidine groups is 1. The maximum atomic E-state index is 10.2. The third kappa shape index (κ3) is 6.07. The predicted octanol–water partition coefficient (Wildman–Crippen LogP) is 3.08. The van der Waals surface area contributed by atoms with E-state index in [-0.39, 0.29) is 36.5 Å². The topological polar surface area (TPSA) is 79.9 Å². The van der Waals surface area contributed by atoms with Crippen LogP contribution in [0.1, 0.15) is 17.2 Å². The normalized spacial score (nSPS) is 12.2. The van der Waals surface area contributed by atoms with Crippen LogP contribution in [0.4, 0.5) is 5.69 Å². The number of aliphatic hydroxyl groups excluding tert-OH is 1. The fourth-order valence-electron chi connectivity index (χ4n) is 2.05. The largest absolute Gasteiger partial charge is 0.497 e. The van der Waals surface area contributed by atoms with Crippen LogP contribution in [0, 0.1) is 6.92 Å². The Morgan fingerprint density at radius 3 is 2.70 bits per heavy atom. The number of aryl methyl sites for hydroxylation is 1. The molecular formula is C17H22IN3O2. The second-order valence-electron chi connectivity index (χ2n) is 5.01. The van der Waals surface area contributed by atoms with E-state index in [1.807, 2.05) is 49.4 Å². The number of anilines is 1. The lowest BCUT2D eigenvalue weighted by molar-refractivity contribution is 0.187. The van der Waals surface area contributed by atoms with E-state index >= 15 is 0 Å². The molecule has 1 atom stereocenters. The van der Waals surface area contributed by atoms with Gasteiger partial charge in [-0.25, -0.2) is 0 Å². The molecule has 0 spiro atoms. The van der Waals surface area contributed by atoms with Gasteiger partial charge >= 0.3 is 0 Å². The number of hydrogen-bond donors (Lipinski definition) is 3. The number of hydrogen-bond acceptors (Lipinski definition) is 3. The van der Waals surface area contributed by atoms with Crippen molar-refractivity contribution >= 4 is 35.6 Å².